The fourth-order valence-corrected chi connectivity index (χ4v) is 6.24. The molecule has 1 aliphatic carbocycles. The lowest BCUT2D eigenvalue weighted by atomic mass is 9.96. The second kappa shape index (κ2) is 9.63. The molecule has 172 valence electrons. The molecule has 1 aliphatic heterocycles. The maximum absolute atomic E-state index is 13.1. The summed E-state index contributed by atoms with van der Waals surface area (Å²) in [6.45, 7) is 3.86. The third kappa shape index (κ3) is 4.84. The van der Waals surface area contributed by atoms with Crippen molar-refractivity contribution in [1.82, 2.24) is 9.21 Å². The van der Waals surface area contributed by atoms with Gasteiger partial charge in [0.05, 0.1) is 11.5 Å². The van der Waals surface area contributed by atoms with Crippen molar-refractivity contribution in [3.05, 3.63) is 59.2 Å². The van der Waals surface area contributed by atoms with E-state index in [1.54, 1.807) is 15.3 Å². The Balaban J connectivity index is 1.33. The van der Waals surface area contributed by atoms with Crippen LogP contribution in [0.25, 0.3) is 0 Å². The van der Waals surface area contributed by atoms with Crippen molar-refractivity contribution >= 4 is 15.9 Å². The van der Waals surface area contributed by atoms with Crippen LogP contribution in [-0.2, 0) is 34.2 Å². The predicted octanol–water partition coefficient (Wildman–Crippen LogP) is 3.63. The van der Waals surface area contributed by atoms with E-state index in [4.69, 9.17) is 4.74 Å². The molecule has 0 unspecified atom stereocenters. The maximum Gasteiger partial charge on any atom is 0.243 e. The van der Waals surface area contributed by atoms with Crippen LogP contribution in [0.4, 0.5) is 0 Å². The predicted molar refractivity (Wildman–Crippen MR) is 124 cm³/mol. The van der Waals surface area contributed by atoms with E-state index in [9.17, 15) is 13.2 Å². The van der Waals surface area contributed by atoms with Crippen molar-refractivity contribution in [2.45, 2.75) is 50.5 Å². The van der Waals surface area contributed by atoms with E-state index in [0.717, 1.165) is 36.1 Å². The Morgan fingerprint density at radius 3 is 2.44 bits per heavy atom. The highest BCUT2D eigenvalue weighted by atomic mass is 32.2. The van der Waals surface area contributed by atoms with Gasteiger partial charge in [-0.15, -0.1) is 0 Å². The van der Waals surface area contributed by atoms with E-state index < -0.39 is 10.0 Å². The molecule has 7 heteroatoms. The molecular formula is C25H32N2O4S. The molecule has 1 amide bonds. The van der Waals surface area contributed by atoms with E-state index >= 15 is 0 Å². The van der Waals surface area contributed by atoms with E-state index in [2.05, 4.69) is 0 Å². The highest BCUT2D eigenvalue weighted by Gasteiger charge is 2.33. The van der Waals surface area contributed by atoms with Gasteiger partial charge in [-0.2, -0.15) is 4.31 Å². The highest BCUT2D eigenvalue weighted by molar-refractivity contribution is 7.89. The second-order valence-electron chi connectivity index (χ2n) is 8.73. The number of carbonyl (C=O) groups excluding carboxylic acids is 1. The van der Waals surface area contributed by atoms with Crippen LogP contribution in [0.2, 0.25) is 0 Å². The number of rotatable bonds is 7. The lowest BCUT2D eigenvalue weighted by Gasteiger charge is -2.32. The summed E-state index contributed by atoms with van der Waals surface area (Å²) < 4.78 is 33.3. The number of nitrogens with zero attached hydrogens (tertiary/aromatic N) is 2. The summed E-state index contributed by atoms with van der Waals surface area (Å²) in [6.07, 6.45) is 4.19. The number of carbonyl (C=O) groups is 1. The van der Waals surface area contributed by atoms with Crippen molar-refractivity contribution in [2.75, 3.05) is 26.7 Å². The largest absolute Gasteiger partial charge is 0.494 e. The smallest absolute Gasteiger partial charge is 0.243 e. The zero-order chi connectivity index (χ0) is 22.7. The summed E-state index contributed by atoms with van der Waals surface area (Å²) in [7, 11) is -1.70. The zero-order valence-electron chi connectivity index (χ0n) is 18.9. The average Bonchev–Trinajstić information content (AvgIpc) is 3.28. The molecule has 6 nitrogen and oxygen atoms in total. The molecular weight excluding hydrogens is 424 g/mol. The molecule has 32 heavy (non-hydrogen) atoms. The fraction of sp³-hybridized carbons (Fsp3) is 0.480. The number of hydrogen-bond acceptors (Lipinski definition) is 4. The summed E-state index contributed by atoms with van der Waals surface area (Å²) in [4.78, 5) is 15.1. The first-order valence-corrected chi connectivity index (χ1v) is 12.9. The number of hydrogen-bond donors (Lipinski definition) is 0. The standard InChI is InChI=1S/C25H32N2O4S/c1-3-31-23-10-7-19(8-11-23)18-26(2)25(28)21-13-15-27(16-14-21)32(29,30)24-12-9-20-5-4-6-22(20)17-24/h7-12,17,21H,3-6,13-16,18H2,1-2H3. The monoisotopic (exact) mass is 456 g/mol. The Morgan fingerprint density at radius 2 is 1.75 bits per heavy atom. The van der Waals surface area contributed by atoms with Gasteiger partial charge in [0.25, 0.3) is 0 Å². The second-order valence-corrected chi connectivity index (χ2v) is 10.7. The first-order chi connectivity index (χ1) is 15.4. The molecule has 2 aromatic rings. The van der Waals surface area contributed by atoms with Gasteiger partial charge in [0.1, 0.15) is 5.75 Å². The third-order valence-corrected chi connectivity index (χ3v) is 8.44. The van der Waals surface area contributed by atoms with Gasteiger partial charge in [-0.1, -0.05) is 18.2 Å². The summed E-state index contributed by atoms with van der Waals surface area (Å²) in [5.74, 6) is 0.754. The van der Waals surface area contributed by atoms with Crippen LogP contribution in [0.5, 0.6) is 5.75 Å². The summed E-state index contributed by atoms with van der Waals surface area (Å²) in [5, 5.41) is 0. The normalized spacial score (nSPS) is 17.2. The molecule has 0 bridgehead atoms. The van der Waals surface area contributed by atoms with Gasteiger partial charge in [-0.3, -0.25) is 4.79 Å². The minimum atomic E-state index is -3.51. The molecule has 0 spiro atoms. The number of piperidine rings is 1. The van der Waals surface area contributed by atoms with Crippen LogP contribution in [0.1, 0.15) is 42.9 Å². The quantitative estimate of drug-likeness (QED) is 0.638. The number of aryl methyl sites for hydroxylation is 2. The Labute approximate surface area is 191 Å². The minimum absolute atomic E-state index is 0.0773. The molecule has 2 aliphatic rings. The molecule has 0 atom stereocenters. The SMILES string of the molecule is CCOc1ccc(CN(C)C(=O)C2CCN(S(=O)(=O)c3ccc4c(c3)CCC4)CC2)cc1. The van der Waals surface area contributed by atoms with Crippen LogP contribution in [0.3, 0.4) is 0 Å². The molecule has 0 saturated carbocycles. The first kappa shape index (κ1) is 22.8. The van der Waals surface area contributed by atoms with Crippen molar-refractivity contribution in [2.24, 2.45) is 5.92 Å². The van der Waals surface area contributed by atoms with Crippen LogP contribution in [-0.4, -0.2) is 50.3 Å². The third-order valence-electron chi connectivity index (χ3n) is 6.54. The van der Waals surface area contributed by atoms with Gasteiger partial charge < -0.3 is 9.64 Å². The first-order valence-electron chi connectivity index (χ1n) is 11.5. The van der Waals surface area contributed by atoms with Gasteiger partial charge in [-0.25, -0.2) is 8.42 Å². The molecule has 0 radical (unpaired) electrons. The Morgan fingerprint density at radius 1 is 1.06 bits per heavy atom. The average molecular weight is 457 g/mol. The van der Waals surface area contributed by atoms with Crippen LogP contribution >= 0.6 is 0 Å². The summed E-state index contributed by atoms with van der Waals surface area (Å²) in [5.41, 5.74) is 3.47. The summed E-state index contributed by atoms with van der Waals surface area (Å²) >= 11 is 0. The molecule has 1 saturated heterocycles. The van der Waals surface area contributed by atoms with Gasteiger partial charge in [-0.05, 0) is 80.0 Å². The van der Waals surface area contributed by atoms with Crippen LogP contribution < -0.4 is 4.74 Å². The van der Waals surface area contributed by atoms with Crippen molar-refractivity contribution in [1.29, 1.82) is 0 Å². The lowest BCUT2D eigenvalue weighted by molar-refractivity contribution is -0.135. The van der Waals surface area contributed by atoms with Crippen LogP contribution in [0.15, 0.2) is 47.4 Å². The van der Waals surface area contributed by atoms with Crippen LogP contribution in [0, 0.1) is 5.92 Å². The highest BCUT2D eigenvalue weighted by Crippen LogP contribution is 2.29. The van der Waals surface area contributed by atoms with Gasteiger partial charge >= 0.3 is 0 Å². The minimum Gasteiger partial charge on any atom is -0.494 e. The molecule has 2 aromatic carbocycles. The number of fused-ring (bicyclic) bond motifs is 1. The Hall–Kier alpha value is -2.38. The molecule has 4 rings (SSSR count). The van der Waals surface area contributed by atoms with Gasteiger partial charge in [0.2, 0.25) is 15.9 Å². The fourth-order valence-electron chi connectivity index (χ4n) is 4.72. The van der Waals surface area contributed by atoms with E-state index in [1.165, 1.54) is 5.56 Å². The Bertz CT molecular complexity index is 1060. The lowest BCUT2D eigenvalue weighted by Crippen LogP contribution is -2.43. The maximum atomic E-state index is 13.1. The molecule has 1 fully saturated rings. The molecule has 0 N–H and O–H groups in total. The topological polar surface area (TPSA) is 66.9 Å². The summed E-state index contributed by atoms with van der Waals surface area (Å²) in [6, 6.07) is 13.3. The van der Waals surface area contributed by atoms with E-state index in [-0.39, 0.29) is 11.8 Å². The van der Waals surface area contributed by atoms with Crippen molar-refractivity contribution < 1.29 is 17.9 Å². The van der Waals surface area contributed by atoms with E-state index in [1.807, 2.05) is 50.4 Å². The van der Waals surface area contributed by atoms with Crippen molar-refractivity contribution in [3.63, 3.8) is 0 Å². The Kier molecular flexibility index (Phi) is 6.86. The van der Waals surface area contributed by atoms with Gasteiger partial charge in [0.15, 0.2) is 0 Å². The number of benzene rings is 2. The number of sulfonamides is 1. The number of amides is 1. The van der Waals surface area contributed by atoms with Gasteiger partial charge in [0, 0.05) is 32.6 Å². The molecule has 0 aromatic heterocycles. The number of ether oxygens (including phenoxy) is 1. The molecule has 1 heterocycles. The van der Waals surface area contributed by atoms with E-state index in [0.29, 0.717) is 44.0 Å². The van der Waals surface area contributed by atoms with Crippen molar-refractivity contribution in [3.8, 4) is 5.75 Å². The zero-order valence-corrected chi connectivity index (χ0v) is 19.7.